The first kappa shape index (κ1) is 19.2. The number of thiophene rings is 1. The molecule has 8 heteroatoms. The molecule has 1 saturated heterocycles. The van der Waals surface area contributed by atoms with Crippen molar-refractivity contribution in [2.75, 3.05) is 13.1 Å². The molecule has 2 aromatic heterocycles. The molecule has 1 aliphatic heterocycles. The largest absolute Gasteiger partial charge is 0.459 e. The van der Waals surface area contributed by atoms with Gasteiger partial charge in [0.25, 0.3) is 5.91 Å². The molecule has 0 radical (unpaired) electrons. The first-order valence-electron chi connectivity index (χ1n) is 9.34. The second-order valence-electron chi connectivity index (χ2n) is 6.96. The molecular formula is C20H22N2O4S2. The third-order valence-electron chi connectivity index (χ3n) is 4.99. The highest BCUT2D eigenvalue weighted by Gasteiger charge is 2.31. The number of fused-ring (bicyclic) bond motifs is 1. The summed E-state index contributed by atoms with van der Waals surface area (Å²) in [6, 6.07) is 10.7. The van der Waals surface area contributed by atoms with Gasteiger partial charge in [-0.15, -0.1) is 11.3 Å². The molecule has 3 aromatic rings. The number of carbonyl (C=O) groups is 1. The highest BCUT2D eigenvalue weighted by atomic mass is 32.2. The van der Waals surface area contributed by atoms with Crippen LogP contribution in [0.25, 0.3) is 11.0 Å². The number of hydrogen-bond donors (Lipinski definition) is 1. The van der Waals surface area contributed by atoms with Crippen LogP contribution in [0.1, 0.15) is 47.7 Å². The Hall–Kier alpha value is -2.16. The number of para-hydroxylation sites is 1. The lowest BCUT2D eigenvalue weighted by Gasteiger charge is -2.25. The maximum atomic E-state index is 13.0. The SMILES string of the molecule is C[C@@H](NC(=O)c1sccc1S(=O)(=O)N1CCCCC1)c1cc2ccccc2o1. The number of piperidine rings is 1. The lowest BCUT2D eigenvalue weighted by molar-refractivity contribution is 0.0936. The Bertz CT molecular complexity index is 1060. The summed E-state index contributed by atoms with van der Waals surface area (Å²) in [5.74, 6) is 0.227. The molecule has 1 atom stereocenters. The predicted molar refractivity (Wildman–Crippen MR) is 109 cm³/mol. The second kappa shape index (κ2) is 7.69. The van der Waals surface area contributed by atoms with Crippen molar-refractivity contribution >= 4 is 38.2 Å². The van der Waals surface area contributed by atoms with Gasteiger partial charge in [0.05, 0.1) is 6.04 Å². The Balaban J connectivity index is 1.55. The summed E-state index contributed by atoms with van der Waals surface area (Å²) in [4.78, 5) is 13.1. The van der Waals surface area contributed by atoms with Crippen molar-refractivity contribution in [3.05, 3.63) is 52.4 Å². The third-order valence-corrected chi connectivity index (χ3v) is 7.97. The van der Waals surface area contributed by atoms with Crippen LogP contribution in [0, 0.1) is 0 Å². The molecule has 28 heavy (non-hydrogen) atoms. The molecule has 0 unspecified atom stereocenters. The van der Waals surface area contributed by atoms with Crippen molar-refractivity contribution in [1.29, 1.82) is 0 Å². The van der Waals surface area contributed by atoms with E-state index in [0.29, 0.717) is 18.8 Å². The van der Waals surface area contributed by atoms with Crippen LogP contribution in [0.4, 0.5) is 0 Å². The van der Waals surface area contributed by atoms with E-state index in [-0.39, 0.29) is 15.8 Å². The minimum Gasteiger partial charge on any atom is -0.459 e. The van der Waals surface area contributed by atoms with Crippen molar-refractivity contribution in [3.63, 3.8) is 0 Å². The molecule has 1 amide bonds. The van der Waals surface area contributed by atoms with Crippen LogP contribution in [0.15, 0.2) is 51.1 Å². The topological polar surface area (TPSA) is 79.6 Å². The minimum atomic E-state index is -3.66. The van der Waals surface area contributed by atoms with E-state index in [9.17, 15) is 13.2 Å². The van der Waals surface area contributed by atoms with E-state index < -0.39 is 15.9 Å². The second-order valence-corrected chi connectivity index (χ2v) is 9.78. The number of carbonyl (C=O) groups excluding carboxylic acids is 1. The minimum absolute atomic E-state index is 0.0914. The zero-order valence-corrected chi connectivity index (χ0v) is 17.2. The van der Waals surface area contributed by atoms with Gasteiger partial charge in [-0.3, -0.25) is 4.79 Å². The van der Waals surface area contributed by atoms with Crippen LogP contribution in [0.2, 0.25) is 0 Å². The molecule has 6 nitrogen and oxygen atoms in total. The lowest BCUT2D eigenvalue weighted by atomic mass is 10.2. The molecular weight excluding hydrogens is 396 g/mol. The van der Waals surface area contributed by atoms with Crippen LogP contribution in [-0.2, 0) is 10.0 Å². The van der Waals surface area contributed by atoms with Crippen LogP contribution in [0.3, 0.4) is 0 Å². The maximum absolute atomic E-state index is 13.0. The van der Waals surface area contributed by atoms with E-state index in [1.165, 1.54) is 10.4 Å². The smallest absolute Gasteiger partial charge is 0.263 e. The Labute approximate surface area is 168 Å². The summed E-state index contributed by atoms with van der Waals surface area (Å²) in [6.45, 7) is 2.84. The fourth-order valence-corrected chi connectivity index (χ4v) is 6.28. The van der Waals surface area contributed by atoms with Crippen LogP contribution in [0.5, 0.6) is 0 Å². The number of furan rings is 1. The van der Waals surface area contributed by atoms with Gasteiger partial charge in [-0.25, -0.2) is 8.42 Å². The van der Waals surface area contributed by atoms with Gasteiger partial charge in [-0.1, -0.05) is 24.6 Å². The molecule has 0 bridgehead atoms. The normalized spacial score (nSPS) is 16.9. The van der Waals surface area contributed by atoms with E-state index in [0.717, 1.165) is 41.6 Å². The number of amides is 1. The van der Waals surface area contributed by atoms with Gasteiger partial charge in [0, 0.05) is 18.5 Å². The van der Waals surface area contributed by atoms with Crippen molar-refractivity contribution in [2.45, 2.75) is 37.1 Å². The molecule has 1 aromatic carbocycles. The summed E-state index contributed by atoms with van der Waals surface area (Å²) < 4.78 is 33.2. The van der Waals surface area contributed by atoms with E-state index >= 15 is 0 Å². The van der Waals surface area contributed by atoms with Gasteiger partial charge in [0.15, 0.2) is 0 Å². The number of rotatable bonds is 5. The monoisotopic (exact) mass is 418 g/mol. The number of sulfonamides is 1. The Kier molecular flexibility index (Phi) is 5.27. The Morgan fingerprint density at radius 3 is 2.68 bits per heavy atom. The third kappa shape index (κ3) is 3.59. The summed E-state index contributed by atoms with van der Waals surface area (Å²) in [5.41, 5.74) is 0.753. The fraction of sp³-hybridized carbons (Fsp3) is 0.350. The maximum Gasteiger partial charge on any atom is 0.263 e. The van der Waals surface area contributed by atoms with Gasteiger partial charge in [-0.05, 0) is 43.3 Å². The molecule has 3 heterocycles. The Morgan fingerprint density at radius 1 is 1.18 bits per heavy atom. The van der Waals surface area contributed by atoms with Gasteiger partial charge >= 0.3 is 0 Å². The molecule has 0 spiro atoms. The van der Waals surface area contributed by atoms with Gasteiger partial charge in [0.2, 0.25) is 10.0 Å². The molecule has 148 valence electrons. The highest BCUT2D eigenvalue weighted by molar-refractivity contribution is 7.89. The summed E-state index contributed by atoms with van der Waals surface area (Å²) in [6.07, 6.45) is 2.75. The van der Waals surface area contributed by atoms with Crippen LogP contribution >= 0.6 is 11.3 Å². The zero-order chi connectivity index (χ0) is 19.7. The van der Waals surface area contributed by atoms with E-state index in [4.69, 9.17) is 4.42 Å². The summed E-state index contributed by atoms with van der Waals surface area (Å²) in [5, 5.41) is 5.48. The number of benzene rings is 1. The van der Waals surface area contributed by atoms with Crippen LogP contribution < -0.4 is 5.32 Å². The quantitative estimate of drug-likeness (QED) is 0.675. The predicted octanol–water partition coefficient (Wildman–Crippen LogP) is 4.16. The van der Waals surface area contributed by atoms with Crippen LogP contribution in [-0.4, -0.2) is 31.7 Å². The number of nitrogens with zero attached hydrogens (tertiary/aromatic N) is 1. The highest BCUT2D eigenvalue weighted by Crippen LogP contribution is 2.29. The van der Waals surface area contributed by atoms with Crippen molar-refractivity contribution in [1.82, 2.24) is 9.62 Å². The molecule has 4 rings (SSSR count). The van der Waals surface area contributed by atoms with Crippen molar-refractivity contribution < 1.29 is 17.6 Å². The summed E-state index contributed by atoms with van der Waals surface area (Å²) >= 11 is 1.14. The lowest BCUT2D eigenvalue weighted by Crippen LogP contribution is -2.36. The molecule has 0 saturated carbocycles. The van der Waals surface area contributed by atoms with E-state index in [2.05, 4.69) is 5.32 Å². The number of hydrogen-bond acceptors (Lipinski definition) is 5. The molecule has 1 aliphatic rings. The first-order valence-corrected chi connectivity index (χ1v) is 11.7. The van der Waals surface area contributed by atoms with Gasteiger partial charge in [0.1, 0.15) is 21.1 Å². The zero-order valence-electron chi connectivity index (χ0n) is 15.6. The number of nitrogens with one attached hydrogen (secondary N) is 1. The van der Waals surface area contributed by atoms with Crippen molar-refractivity contribution in [2.24, 2.45) is 0 Å². The molecule has 0 aliphatic carbocycles. The van der Waals surface area contributed by atoms with Gasteiger partial charge < -0.3 is 9.73 Å². The first-order chi connectivity index (χ1) is 13.5. The summed E-state index contributed by atoms with van der Waals surface area (Å²) in [7, 11) is -3.66. The van der Waals surface area contributed by atoms with E-state index in [1.54, 1.807) is 5.38 Å². The fourth-order valence-electron chi connectivity index (χ4n) is 3.46. The molecule has 1 fully saturated rings. The van der Waals surface area contributed by atoms with E-state index in [1.807, 2.05) is 37.3 Å². The average Bonchev–Trinajstić information content (AvgIpc) is 3.36. The molecule has 1 N–H and O–H groups in total. The van der Waals surface area contributed by atoms with Crippen molar-refractivity contribution in [3.8, 4) is 0 Å². The Morgan fingerprint density at radius 2 is 1.93 bits per heavy atom. The average molecular weight is 419 g/mol. The van der Waals surface area contributed by atoms with Gasteiger partial charge in [-0.2, -0.15) is 4.31 Å². The standard InChI is InChI=1S/C20H22N2O4S2/c1-14(17-13-15-7-3-4-8-16(15)26-17)21-20(23)19-18(9-12-27-19)28(24,25)22-10-5-2-6-11-22/h3-4,7-9,12-14H,2,5-6,10-11H2,1H3,(H,21,23)/t14-/m1/s1.